The van der Waals surface area contributed by atoms with Crippen molar-refractivity contribution >= 4 is 29.4 Å². The van der Waals surface area contributed by atoms with Crippen LogP contribution in [0.15, 0.2) is 66.7 Å². The first kappa shape index (κ1) is 23.8. The molecule has 186 valence electrons. The van der Waals surface area contributed by atoms with E-state index in [0.717, 1.165) is 16.9 Å². The molecule has 2 aromatic carbocycles. The fraction of sp³-hybridized carbons (Fsp3) is 0.357. The van der Waals surface area contributed by atoms with Crippen molar-refractivity contribution in [1.82, 2.24) is 4.90 Å². The minimum Gasteiger partial charge on any atom is -0.492 e. The molecule has 1 aliphatic heterocycles. The zero-order valence-electron chi connectivity index (χ0n) is 20.0. The van der Waals surface area contributed by atoms with Crippen LogP contribution in [0.2, 0.25) is 0 Å². The van der Waals surface area contributed by atoms with Crippen LogP contribution in [0.3, 0.4) is 0 Å². The number of imide groups is 1. The van der Waals surface area contributed by atoms with Crippen LogP contribution in [0.4, 0.5) is 5.69 Å². The van der Waals surface area contributed by atoms with Gasteiger partial charge in [0.25, 0.3) is 5.91 Å². The number of carbonyl (C=O) groups excluding carboxylic acids is 4. The summed E-state index contributed by atoms with van der Waals surface area (Å²) in [5.41, 5.74) is 1.25. The third kappa shape index (κ3) is 4.39. The zero-order valence-corrected chi connectivity index (χ0v) is 20.0. The molecule has 3 amide bonds. The second kappa shape index (κ2) is 9.97. The van der Waals surface area contributed by atoms with Crippen molar-refractivity contribution in [1.29, 1.82) is 0 Å². The van der Waals surface area contributed by atoms with Crippen LogP contribution in [0.5, 0.6) is 5.75 Å². The molecule has 36 heavy (non-hydrogen) atoms. The standard InChI is InChI=1S/C28H28N2O6/c1-2-35-22-11-7-6-10-20(22)29-23(31)16-36-28(34)21(14-17-8-4-3-5-9-17)30-26(32)24-18-12-13-19(15-18)25(24)27(30)33/h3-13,18-19,21,24-25H,2,14-16H2,1H3,(H,29,31)/t18-,19-,21-,24+,25+/m0/s1. The van der Waals surface area contributed by atoms with E-state index in [1.54, 1.807) is 24.3 Å². The maximum Gasteiger partial charge on any atom is 0.330 e. The quantitative estimate of drug-likeness (QED) is 0.331. The van der Waals surface area contributed by atoms with Gasteiger partial charge in [-0.3, -0.25) is 19.3 Å². The number of likely N-dealkylation sites (tertiary alicyclic amines) is 1. The van der Waals surface area contributed by atoms with E-state index in [0.29, 0.717) is 18.0 Å². The van der Waals surface area contributed by atoms with Crippen LogP contribution in [0.1, 0.15) is 18.9 Å². The normalized spacial score (nSPS) is 24.5. The highest BCUT2D eigenvalue weighted by molar-refractivity contribution is 6.09. The predicted octanol–water partition coefficient (Wildman–Crippen LogP) is 2.99. The SMILES string of the molecule is CCOc1ccccc1NC(=O)COC(=O)[C@H](Cc1ccccc1)N1C(=O)[C@H]2[C@H](C1=O)[C@H]1C=C[C@H]2C1. The highest BCUT2D eigenvalue weighted by Crippen LogP contribution is 2.53. The van der Waals surface area contributed by atoms with E-state index in [4.69, 9.17) is 9.47 Å². The first-order valence-electron chi connectivity index (χ1n) is 12.3. The predicted molar refractivity (Wildman–Crippen MR) is 131 cm³/mol. The van der Waals surface area contributed by atoms with E-state index in [1.165, 1.54) is 0 Å². The smallest absolute Gasteiger partial charge is 0.330 e. The molecular weight excluding hydrogens is 460 g/mol. The number of fused-ring (bicyclic) bond motifs is 5. The Labute approximate surface area is 209 Å². The van der Waals surface area contributed by atoms with Crippen LogP contribution in [0, 0.1) is 23.7 Å². The number of para-hydroxylation sites is 2. The van der Waals surface area contributed by atoms with E-state index < -0.39 is 36.4 Å². The molecule has 8 nitrogen and oxygen atoms in total. The molecule has 3 aliphatic rings. The summed E-state index contributed by atoms with van der Waals surface area (Å²) >= 11 is 0. The second-order valence-corrected chi connectivity index (χ2v) is 9.34. The lowest BCUT2D eigenvalue weighted by Crippen LogP contribution is -2.48. The number of nitrogens with one attached hydrogen (secondary N) is 1. The van der Waals surface area contributed by atoms with Gasteiger partial charge in [0.2, 0.25) is 11.8 Å². The Morgan fingerprint density at radius 3 is 2.28 bits per heavy atom. The Morgan fingerprint density at radius 2 is 1.61 bits per heavy atom. The molecule has 0 spiro atoms. The Bertz CT molecular complexity index is 1180. The lowest BCUT2D eigenvalue weighted by molar-refractivity contribution is -0.160. The summed E-state index contributed by atoms with van der Waals surface area (Å²) in [4.78, 5) is 53.7. The van der Waals surface area contributed by atoms with Gasteiger partial charge < -0.3 is 14.8 Å². The van der Waals surface area contributed by atoms with Gasteiger partial charge in [0, 0.05) is 6.42 Å². The highest BCUT2D eigenvalue weighted by atomic mass is 16.5. The maximum atomic E-state index is 13.4. The molecule has 2 aliphatic carbocycles. The number of benzene rings is 2. The molecule has 1 heterocycles. The van der Waals surface area contributed by atoms with Crippen LogP contribution in [-0.4, -0.2) is 47.8 Å². The van der Waals surface area contributed by atoms with Crippen molar-refractivity contribution < 1.29 is 28.7 Å². The minimum atomic E-state index is -1.14. The van der Waals surface area contributed by atoms with Gasteiger partial charge in [0.15, 0.2) is 6.61 Å². The number of ether oxygens (including phenoxy) is 2. The summed E-state index contributed by atoms with van der Waals surface area (Å²) in [5, 5.41) is 2.68. The number of carbonyl (C=O) groups is 4. The number of allylic oxidation sites excluding steroid dienone is 2. The zero-order chi connectivity index (χ0) is 25.2. The van der Waals surface area contributed by atoms with E-state index in [9.17, 15) is 19.2 Å². The Balaban J connectivity index is 1.31. The summed E-state index contributed by atoms with van der Waals surface area (Å²) in [6, 6.07) is 15.0. The highest BCUT2D eigenvalue weighted by Gasteiger charge is 2.61. The van der Waals surface area contributed by atoms with Gasteiger partial charge >= 0.3 is 5.97 Å². The molecule has 8 heteroatoms. The van der Waals surface area contributed by atoms with Crippen molar-refractivity contribution in [2.75, 3.05) is 18.5 Å². The molecule has 0 radical (unpaired) electrons. The van der Waals surface area contributed by atoms with E-state index >= 15 is 0 Å². The van der Waals surface area contributed by atoms with Crippen LogP contribution in [-0.2, 0) is 30.3 Å². The number of anilines is 1. The van der Waals surface area contributed by atoms with Crippen LogP contribution in [0.25, 0.3) is 0 Å². The summed E-state index contributed by atoms with van der Waals surface area (Å²) < 4.78 is 10.9. The van der Waals surface area contributed by atoms with Gasteiger partial charge in [0.1, 0.15) is 11.8 Å². The lowest BCUT2D eigenvalue weighted by Gasteiger charge is -2.26. The average Bonchev–Trinajstić information content (AvgIpc) is 3.57. The van der Waals surface area contributed by atoms with Gasteiger partial charge in [-0.05, 0) is 42.9 Å². The third-order valence-electron chi connectivity index (χ3n) is 7.17. The Morgan fingerprint density at radius 1 is 0.972 bits per heavy atom. The lowest BCUT2D eigenvalue weighted by atomic mass is 9.85. The third-order valence-corrected chi connectivity index (χ3v) is 7.17. The van der Waals surface area contributed by atoms with Gasteiger partial charge in [-0.25, -0.2) is 4.79 Å². The molecule has 1 saturated heterocycles. The van der Waals surface area contributed by atoms with Crippen LogP contribution >= 0.6 is 0 Å². The number of esters is 1. The molecule has 2 bridgehead atoms. The fourth-order valence-corrected chi connectivity index (χ4v) is 5.62. The van der Waals surface area contributed by atoms with Crippen molar-refractivity contribution in [3.05, 3.63) is 72.3 Å². The molecule has 1 N–H and O–H groups in total. The van der Waals surface area contributed by atoms with Gasteiger partial charge in [-0.15, -0.1) is 0 Å². The van der Waals surface area contributed by atoms with Crippen molar-refractivity contribution in [3.8, 4) is 5.75 Å². The summed E-state index contributed by atoms with van der Waals surface area (Å²) in [6.45, 7) is 1.71. The largest absolute Gasteiger partial charge is 0.492 e. The van der Waals surface area contributed by atoms with Crippen molar-refractivity contribution in [2.24, 2.45) is 23.7 Å². The molecule has 0 aromatic heterocycles. The number of nitrogens with zero attached hydrogens (tertiary/aromatic N) is 1. The summed E-state index contributed by atoms with van der Waals surface area (Å²) in [5.74, 6) is -2.25. The molecule has 2 aromatic rings. The summed E-state index contributed by atoms with van der Waals surface area (Å²) in [7, 11) is 0. The Kier molecular flexibility index (Phi) is 6.59. The summed E-state index contributed by atoms with van der Waals surface area (Å²) in [6.07, 6.45) is 4.94. The number of amides is 3. The second-order valence-electron chi connectivity index (χ2n) is 9.34. The molecule has 0 unspecified atom stereocenters. The Hall–Kier alpha value is -3.94. The van der Waals surface area contributed by atoms with Crippen molar-refractivity contribution in [3.63, 3.8) is 0 Å². The monoisotopic (exact) mass is 488 g/mol. The van der Waals surface area contributed by atoms with Gasteiger partial charge in [0.05, 0.1) is 24.1 Å². The van der Waals surface area contributed by atoms with Crippen LogP contribution < -0.4 is 10.1 Å². The van der Waals surface area contributed by atoms with E-state index in [1.807, 2.05) is 49.4 Å². The van der Waals surface area contributed by atoms with E-state index in [-0.39, 0.29) is 30.1 Å². The van der Waals surface area contributed by atoms with Gasteiger partial charge in [-0.2, -0.15) is 0 Å². The first-order valence-corrected chi connectivity index (χ1v) is 12.3. The molecule has 1 saturated carbocycles. The maximum absolute atomic E-state index is 13.4. The molecule has 5 rings (SSSR count). The average molecular weight is 489 g/mol. The fourth-order valence-electron chi connectivity index (χ4n) is 5.62. The minimum absolute atomic E-state index is 0.0334. The molecular formula is C28H28N2O6. The number of hydrogen-bond acceptors (Lipinski definition) is 6. The number of hydrogen-bond donors (Lipinski definition) is 1. The topological polar surface area (TPSA) is 102 Å². The van der Waals surface area contributed by atoms with E-state index in [2.05, 4.69) is 5.32 Å². The van der Waals surface area contributed by atoms with Crippen molar-refractivity contribution in [2.45, 2.75) is 25.8 Å². The molecule has 2 fully saturated rings. The number of rotatable bonds is 9. The molecule has 5 atom stereocenters. The van der Waals surface area contributed by atoms with Gasteiger partial charge in [-0.1, -0.05) is 54.6 Å². The first-order chi connectivity index (χ1) is 17.5.